The molecule has 0 radical (unpaired) electrons. The molecule has 4 nitrogen and oxygen atoms in total. The zero-order valence-electron chi connectivity index (χ0n) is 12.1. The third kappa shape index (κ3) is 3.92. The number of hydrogen-bond donors (Lipinski definition) is 0. The van der Waals surface area contributed by atoms with Crippen LogP contribution in [0.3, 0.4) is 0 Å². The smallest absolute Gasteiger partial charge is 0.338 e. The lowest BCUT2D eigenvalue weighted by molar-refractivity contribution is 0.0526. The molecule has 0 aliphatic heterocycles. The fourth-order valence-electron chi connectivity index (χ4n) is 1.82. The van der Waals surface area contributed by atoms with E-state index < -0.39 is 0 Å². The van der Waals surface area contributed by atoms with E-state index in [9.17, 15) is 4.79 Å². The average molecular weight is 283 g/mol. The number of rotatable bonds is 5. The van der Waals surface area contributed by atoms with Gasteiger partial charge in [0.15, 0.2) is 0 Å². The SMILES string of the molecule is CCOC(=O)c1ccc(N=Cc2ccccc2OC)cc1. The second-order valence-electron chi connectivity index (χ2n) is 4.27. The number of benzene rings is 2. The Balaban J connectivity index is 2.13. The summed E-state index contributed by atoms with van der Waals surface area (Å²) in [4.78, 5) is 15.9. The van der Waals surface area contributed by atoms with Gasteiger partial charge < -0.3 is 9.47 Å². The lowest BCUT2D eigenvalue weighted by Crippen LogP contribution is -2.03. The third-order valence-electron chi connectivity index (χ3n) is 2.87. The highest BCUT2D eigenvalue weighted by atomic mass is 16.5. The van der Waals surface area contributed by atoms with Crippen molar-refractivity contribution in [3.63, 3.8) is 0 Å². The van der Waals surface area contributed by atoms with E-state index in [-0.39, 0.29) is 5.97 Å². The van der Waals surface area contributed by atoms with Crippen LogP contribution in [-0.2, 0) is 4.74 Å². The van der Waals surface area contributed by atoms with Crippen LogP contribution in [0.5, 0.6) is 5.75 Å². The van der Waals surface area contributed by atoms with Crippen molar-refractivity contribution >= 4 is 17.9 Å². The number of methoxy groups -OCH3 is 1. The highest BCUT2D eigenvalue weighted by molar-refractivity contribution is 5.90. The molecule has 0 saturated carbocycles. The van der Waals surface area contributed by atoms with Crippen LogP contribution >= 0.6 is 0 Å². The number of ether oxygens (including phenoxy) is 2. The number of para-hydroxylation sites is 1. The summed E-state index contributed by atoms with van der Waals surface area (Å²) in [7, 11) is 1.63. The summed E-state index contributed by atoms with van der Waals surface area (Å²) in [5.41, 5.74) is 2.18. The van der Waals surface area contributed by atoms with Crippen molar-refractivity contribution in [3.8, 4) is 5.75 Å². The summed E-state index contributed by atoms with van der Waals surface area (Å²) in [6.07, 6.45) is 1.73. The van der Waals surface area contributed by atoms with E-state index in [1.54, 1.807) is 44.5 Å². The molecular formula is C17H17NO3. The molecular weight excluding hydrogens is 266 g/mol. The minimum atomic E-state index is -0.322. The first-order chi connectivity index (χ1) is 10.2. The van der Waals surface area contributed by atoms with Gasteiger partial charge in [0.25, 0.3) is 0 Å². The topological polar surface area (TPSA) is 47.9 Å². The first kappa shape index (κ1) is 14.8. The molecule has 0 saturated heterocycles. The Kier molecular flexibility index (Phi) is 5.10. The van der Waals surface area contributed by atoms with E-state index in [1.807, 2.05) is 24.3 Å². The number of esters is 1. The Labute approximate surface area is 124 Å². The third-order valence-corrected chi connectivity index (χ3v) is 2.87. The van der Waals surface area contributed by atoms with Crippen molar-refractivity contribution in [3.05, 3.63) is 59.7 Å². The van der Waals surface area contributed by atoms with Gasteiger partial charge in [0, 0.05) is 11.8 Å². The minimum Gasteiger partial charge on any atom is -0.496 e. The van der Waals surface area contributed by atoms with Gasteiger partial charge in [-0.05, 0) is 43.3 Å². The van der Waals surface area contributed by atoms with Crippen molar-refractivity contribution in [2.24, 2.45) is 4.99 Å². The van der Waals surface area contributed by atoms with Crippen LogP contribution in [0.2, 0.25) is 0 Å². The number of aliphatic imine (C=N–C) groups is 1. The van der Waals surface area contributed by atoms with Crippen LogP contribution < -0.4 is 4.74 Å². The van der Waals surface area contributed by atoms with E-state index in [0.29, 0.717) is 12.2 Å². The number of carbonyl (C=O) groups is 1. The molecule has 108 valence electrons. The first-order valence-corrected chi connectivity index (χ1v) is 6.69. The Morgan fingerprint density at radius 3 is 2.52 bits per heavy atom. The van der Waals surface area contributed by atoms with Gasteiger partial charge in [-0.1, -0.05) is 12.1 Å². The van der Waals surface area contributed by atoms with Crippen LogP contribution in [0.1, 0.15) is 22.8 Å². The molecule has 0 aliphatic carbocycles. The molecule has 2 aromatic rings. The predicted octanol–water partition coefficient (Wildman–Crippen LogP) is 3.62. The summed E-state index contributed by atoms with van der Waals surface area (Å²) >= 11 is 0. The van der Waals surface area contributed by atoms with Crippen molar-refractivity contribution in [2.45, 2.75) is 6.92 Å². The minimum absolute atomic E-state index is 0.322. The molecule has 0 amide bonds. The number of hydrogen-bond acceptors (Lipinski definition) is 4. The Bertz CT molecular complexity index is 633. The zero-order valence-corrected chi connectivity index (χ0v) is 12.1. The maximum Gasteiger partial charge on any atom is 0.338 e. The van der Waals surface area contributed by atoms with E-state index in [4.69, 9.17) is 9.47 Å². The second kappa shape index (κ2) is 7.24. The van der Waals surface area contributed by atoms with Crippen LogP contribution in [-0.4, -0.2) is 25.9 Å². The van der Waals surface area contributed by atoms with Crippen LogP contribution in [0, 0.1) is 0 Å². The normalized spacial score (nSPS) is 10.6. The standard InChI is InChI=1S/C17H17NO3/c1-3-21-17(19)13-8-10-15(11-9-13)18-12-14-6-4-5-7-16(14)20-2/h4-12H,3H2,1-2H3. The molecule has 0 bridgehead atoms. The molecule has 0 heterocycles. The van der Waals surface area contributed by atoms with Gasteiger partial charge in [-0.25, -0.2) is 4.79 Å². The summed E-state index contributed by atoms with van der Waals surface area (Å²) in [5, 5.41) is 0. The summed E-state index contributed by atoms with van der Waals surface area (Å²) in [5.74, 6) is 0.446. The highest BCUT2D eigenvalue weighted by Crippen LogP contribution is 2.18. The average Bonchev–Trinajstić information content (AvgIpc) is 2.54. The van der Waals surface area contributed by atoms with Crippen molar-refractivity contribution in [1.82, 2.24) is 0 Å². The zero-order chi connectivity index (χ0) is 15.1. The van der Waals surface area contributed by atoms with Crippen LogP contribution in [0.15, 0.2) is 53.5 Å². The molecule has 0 unspecified atom stereocenters. The van der Waals surface area contributed by atoms with Crippen LogP contribution in [0.25, 0.3) is 0 Å². The molecule has 0 aromatic heterocycles. The number of nitrogens with zero attached hydrogens (tertiary/aromatic N) is 1. The van der Waals surface area contributed by atoms with Gasteiger partial charge in [0.1, 0.15) is 5.75 Å². The van der Waals surface area contributed by atoms with Gasteiger partial charge >= 0.3 is 5.97 Å². The fourth-order valence-corrected chi connectivity index (χ4v) is 1.82. The summed E-state index contributed by atoms with van der Waals surface area (Å²) < 4.78 is 10.2. The van der Waals surface area contributed by atoms with Crippen LogP contribution in [0.4, 0.5) is 5.69 Å². The molecule has 4 heteroatoms. The van der Waals surface area contributed by atoms with Gasteiger partial charge in [0.2, 0.25) is 0 Å². The lowest BCUT2D eigenvalue weighted by Gasteiger charge is -2.03. The summed E-state index contributed by atoms with van der Waals surface area (Å²) in [6.45, 7) is 2.15. The van der Waals surface area contributed by atoms with E-state index in [1.165, 1.54) is 0 Å². The maximum absolute atomic E-state index is 11.5. The molecule has 0 fully saturated rings. The Morgan fingerprint density at radius 1 is 1.14 bits per heavy atom. The highest BCUT2D eigenvalue weighted by Gasteiger charge is 2.05. The fraction of sp³-hybridized carbons (Fsp3) is 0.176. The van der Waals surface area contributed by atoms with Crippen molar-refractivity contribution < 1.29 is 14.3 Å². The molecule has 0 atom stereocenters. The molecule has 0 spiro atoms. The van der Waals surface area contributed by atoms with E-state index in [2.05, 4.69) is 4.99 Å². The van der Waals surface area contributed by atoms with E-state index >= 15 is 0 Å². The molecule has 2 aromatic carbocycles. The van der Waals surface area contributed by atoms with E-state index in [0.717, 1.165) is 17.0 Å². The molecule has 21 heavy (non-hydrogen) atoms. The Morgan fingerprint density at radius 2 is 1.86 bits per heavy atom. The van der Waals surface area contributed by atoms with Gasteiger partial charge in [0.05, 0.1) is 25.0 Å². The quantitative estimate of drug-likeness (QED) is 0.622. The largest absolute Gasteiger partial charge is 0.496 e. The second-order valence-corrected chi connectivity index (χ2v) is 4.27. The lowest BCUT2D eigenvalue weighted by atomic mass is 10.2. The monoisotopic (exact) mass is 283 g/mol. The summed E-state index contributed by atoms with van der Waals surface area (Å²) in [6, 6.07) is 14.6. The number of carbonyl (C=O) groups excluding carboxylic acids is 1. The Hall–Kier alpha value is -2.62. The molecule has 0 aliphatic rings. The maximum atomic E-state index is 11.5. The first-order valence-electron chi connectivity index (χ1n) is 6.69. The molecule has 0 N–H and O–H groups in total. The van der Waals surface area contributed by atoms with Gasteiger partial charge in [-0.3, -0.25) is 4.99 Å². The molecule has 2 rings (SSSR count). The van der Waals surface area contributed by atoms with Gasteiger partial charge in [-0.15, -0.1) is 0 Å². The van der Waals surface area contributed by atoms with Crippen molar-refractivity contribution in [1.29, 1.82) is 0 Å². The predicted molar refractivity (Wildman–Crippen MR) is 82.6 cm³/mol. The van der Waals surface area contributed by atoms with Gasteiger partial charge in [-0.2, -0.15) is 0 Å². The van der Waals surface area contributed by atoms with Crippen molar-refractivity contribution in [2.75, 3.05) is 13.7 Å².